The average molecular weight is 593 g/mol. The van der Waals surface area contributed by atoms with Crippen molar-refractivity contribution in [2.45, 2.75) is 43.1 Å². The number of carbonyl (C=O) groups is 1. The van der Waals surface area contributed by atoms with E-state index in [1.807, 2.05) is 32.0 Å². The summed E-state index contributed by atoms with van der Waals surface area (Å²) in [6.07, 6.45) is 2.53. The van der Waals surface area contributed by atoms with Gasteiger partial charge in [0.2, 0.25) is 0 Å². The van der Waals surface area contributed by atoms with Crippen molar-refractivity contribution in [2.75, 3.05) is 13.1 Å². The van der Waals surface area contributed by atoms with Gasteiger partial charge in [-0.25, -0.2) is 32.6 Å². The standard InChI is InChI=1S/C30H27F3N6O2S/c1-18-29(42-17-20-6-4-3-5-7-20)19(2)38(36-18)28-13-27(25(33)14-34-28)41-24-15-37(16-24)30(40)39-26(8-9-35-39)21-10-22(31)12-23(32)11-21/h3-7,9-14,24,26H,8,15-17H2,1-2H3/t26-/m0/s1. The number of hydrazone groups is 1. The Balaban J connectivity index is 1.11. The molecule has 42 heavy (non-hydrogen) atoms. The van der Waals surface area contributed by atoms with Crippen LogP contribution in [0, 0.1) is 31.3 Å². The zero-order valence-corrected chi connectivity index (χ0v) is 23.7. The highest BCUT2D eigenvalue weighted by molar-refractivity contribution is 7.98. The second-order valence-corrected chi connectivity index (χ2v) is 11.2. The van der Waals surface area contributed by atoms with Crippen molar-refractivity contribution in [3.05, 3.63) is 101 Å². The molecule has 1 saturated heterocycles. The van der Waals surface area contributed by atoms with Crippen molar-refractivity contribution in [1.29, 1.82) is 0 Å². The van der Waals surface area contributed by atoms with Gasteiger partial charge in [0.15, 0.2) is 17.4 Å². The SMILES string of the molecule is Cc1nn(-c2cc(OC3CN(C(=O)N4N=CC[C@H]4c4cc(F)cc(F)c4)C3)c(F)cn2)c(C)c1SCc1ccccc1. The number of ether oxygens (including phenoxy) is 1. The highest BCUT2D eigenvalue weighted by Gasteiger charge is 2.39. The quantitative estimate of drug-likeness (QED) is 0.239. The van der Waals surface area contributed by atoms with E-state index in [2.05, 4.69) is 27.3 Å². The van der Waals surface area contributed by atoms with E-state index in [0.717, 1.165) is 34.3 Å². The van der Waals surface area contributed by atoms with E-state index in [4.69, 9.17) is 4.74 Å². The third-order valence-electron chi connectivity index (χ3n) is 7.18. The van der Waals surface area contributed by atoms with E-state index in [-0.39, 0.29) is 18.8 Å². The molecule has 2 aliphatic heterocycles. The van der Waals surface area contributed by atoms with Crippen LogP contribution in [-0.4, -0.2) is 56.1 Å². The van der Waals surface area contributed by atoms with Crippen LogP contribution in [0.2, 0.25) is 0 Å². The van der Waals surface area contributed by atoms with Gasteiger partial charge in [0.05, 0.1) is 41.6 Å². The maximum Gasteiger partial charge on any atom is 0.341 e. The number of aromatic nitrogens is 3. The highest BCUT2D eigenvalue weighted by atomic mass is 32.2. The minimum Gasteiger partial charge on any atom is -0.483 e. The van der Waals surface area contributed by atoms with E-state index >= 15 is 0 Å². The van der Waals surface area contributed by atoms with Gasteiger partial charge in [-0.3, -0.25) is 0 Å². The van der Waals surface area contributed by atoms with Crippen LogP contribution in [0.15, 0.2) is 70.8 Å². The Kier molecular flexibility index (Phi) is 7.63. The van der Waals surface area contributed by atoms with Crippen molar-refractivity contribution in [3.8, 4) is 11.6 Å². The molecule has 0 aliphatic carbocycles. The maximum absolute atomic E-state index is 14.7. The zero-order chi connectivity index (χ0) is 29.4. The molecule has 4 heterocycles. The molecule has 4 aromatic rings. The van der Waals surface area contributed by atoms with E-state index in [1.165, 1.54) is 39.9 Å². The van der Waals surface area contributed by atoms with E-state index < -0.39 is 35.6 Å². The number of hydrogen-bond acceptors (Lipinski definition) is 6. The Labute approximate surface area is 244 Å². The highest BCUT2D eigenvalue weighted by Crippen LogP contribution is 2.33. The molecule has 6 rings (SSSR count). The first-order valence-corrected chi connectivity index (χ1v) is 14.4. The Morgan fingerprint density at radius 3 is 2.52 bits per heavy atom. The summed E-state index contributed by atoms with van der Waals surface area (Å²) in [7, 11) is 0. The number of pyridine rings is 1. The van der Waals surface area contributed by atoms with Crippen LogP contribution >= 0.6 is 11.8 Å². The minimum absolute atomic E-state index is 0.00967. The average Bonchev–Trinajstić information content (AvgIpc) is 3.54. The van der Waals surface area contributed by atoms with Crippen LogP contribution in [0.3, 0.4) is 0 Å². The molecule has 0 N–H and O–H groups in total. The molecule has 0 bridgehead atoms. The van der Waals surface area contributed by atoms with Gasteiger partial charge in [-0.1, -0.05) is 30.3 Å². The number of rotatable bonds is 7. The molecule has 0 unspecified atom stereocenters. The fourth-order valence-electron chi connectivity index (χ4n) is 5.04. The van der Waals surface area contributed by atoms with Crippen LogP contribution in [0.5, 0.6) is 5.75 Å². The summed E-state index contributed by atoms with van der Waals surface area (Å²) < 4.78 is 49.8. The lowest BCUT2D eigenvalue weighted by Gasteiger charge is -2.41. The molecule has 8 nitrogen and oxygen atoms in total. The number of likely N-dealkylation sites (tertiary alicyclic amines) is 1. The van der Waals surface area contributed by atoms with Crippen molar-refractivity contribution >= 4 is 24.0 Å². The topological polar surface area (TPSA) is 75.8 Å². The fraction of sp³-hybridized carbons (Fsp3) is 0.267. The van der Waals surface area contributed by atoms with E-state index in [1.54, 1.807) is 16.4 Å². The third-order valence-corrected chi connectivity index (χ3v) is 8.54. The number of amides is 2. The van der Waals surface area contributed by atoms with Gasteiger partial charge >= 0.3 is 6.03 Å². The van der Waals surface area contributed by atoms with Crippen molar-refractivity contribution in [2.24, 2.45) is 5.10 Å². The van der Waals surface area contributed by atoms with Gasteiger partial charge in [-0.15, -0.1) is 11.8 Å². The van der Waals surface area contributed by atoms with Crippen LogP contribution < -0.4 is 4.74 Å². The lowest BCUT2D eigenvalue weighted by molar-refractivity contribution is 0.0256. The molecule has 216 valence electrons. The van der Waals surface area contributed by atoms with Crippen LogP contribution in [0.25, 0.3) is 5.82 Å². The molecule has 1 atom stereocenters. The summed E-state index contributed by atoms with van der Waals surface area (Å²) in [5, 5.41) is 9.97. The zero-order valence-electron chi connectivity index (χ0n) is 22.9. The molecule has 2 amide bonds. The largest absolute Gasteiger partial charge is 0.483 e. The molecule has 2 aromatic heterocycles. The van der Waals surface area contributed by atoms with E-state index in [9.17, 15) is 18.0 Å². The minimum atomic E-state index is -0.719. The predicted octanol–water partition coefficient (Wildman–Crippen LogP) is 6.21. The Morgan fingerprint density at radius 2 is 1.79 bits per heavy atom. The predicted molar refractivity (Wildman–Crippen MR) is 152 cm³/mol. The second kappa shape index (κ2) is 11.5. The Bertz CT molecular complexity index is 1640. The number of carbonyl (C=O) groups excluding carboxylic acids is 1. The van der Waals surface area contributed by atoms with Gasteiger partial charge in [-0.2, -0.15) is 10.2 Å². The third kappa shape index (κ3) is 5.58. The fourth-order valence-corrected chi connectivity index (χ4v) is 6.09. The molecular formula is C30H27F3N6O2S. The Hall–Kier alpha value is -4.32. The number of benzene rings is 2. The first-order valence-electron chi connectivity index (χ1n) is 13.4. The van der Waals surface area contributed by atoms with Crippen molar-refractivity contribution in [3.63, 3.8) is 0 Å². The number of thioether (sulfide) groups is 1. The van der Waals surface area contributed by atoms with Gasteiger partial charge in [0.25, 0.3) is 0 Å². The molecule has 2 aliphatic rings. The molecule has 12 heteroatoms. The molecule has 2 aromatic carbocycles. The van der Waals surface area contributed by atoms with Crippen molar-refractivity contribution in [1.82, 2.24) is 24.7 Å². The number of halogens is 3. The summed E-state index contributed by atoms with van der Waals surface area (Å²) in [6.45, 7) is 4.27. The van der Waals surface area contributed by atoms with Gasteiger partial charge in [-0.05, 0) is 37.1 Å². The lowest BCUT2D eigenvalue weighted by Crippen LogP contribution is -2.58. The second-order valence-electron chi connectivity index (χ2n) is 10.2. The van der Waals surface area contributed by atoms with Gasteiger partial charge in [0.1, 0.15) is 17.7 Å². The number of aryl methyl sites for hydroxylation is 1. The molecule has 1 fully saturated rings. The number of urea groups is 1. The monoisotopic (exact) mass is 592 g/mol. The smallest absolute Gasteiger partial charge is 0.341 e. The maximum atomic E-state index is 14.7. The molecule has 0 spiro atoms. The first kappa shape index (κ1) is 27.8. The summed E-state index contributed by atoms with van der Waals surface area (Å²) in [5.41, 5.74) is 3.26. The summed E-state index contributed by atoms with van der Waals surface area (Å²) in [4.78, 5) is 19.9. The summed E-state index contributed by atoms with van der Waals surface area (Å²) in [5.74, 6) is -0.844. The molecule has 0 saturated carbocycles. The van der Waals surface area contributed by atoms with Crippen LogP contribution in [-0.2, 0) is 5.75 Å². The lowest BCUT2D eigenvalue weighted by atomic mass is 10.0. The van der Waals surface area contributed by atoms with Gasteiger partial charge < -0.3 is 9.64 Å². The van der Waals surface area contributed by atoms with Gasteiger partial charge in [0, 0.05) is 30.5 Å². The molecule has 0 radical (unpaired) electrons. The normalized spacial score (nSPS) is 16.6. The Morgan fingerprint density at radius 1 is 1.05 bits per heavy atom. The number of hydrogen-bond donors (Lipinski definition) is 0. The van der Waals surface area contributed by atoms with E-state index in [0.29, 0.717) is 17.8 Å². The molecular weight excluding hydrogens is 565 g/mol. The first-order chi connectivity index (χ1) is 20.3. The summed E-state index contributed by atoms with van der Waals surface area (Å²) in [6, 6.07) is 13.8. The number of nitrogens with zero attached hydrogens (tertiary/aromatic N) is 6. The van der Waals surface area contributed by atoms with Crippen LogP contribution in [0.4, 0.5) is 18.0 Å². The van der Waals surface area contributed by atoms with Crippen LogP contribution in [0.1, 0.15) is 35.0 Å². The van der Waals surface area contributed by atoms with Crippen molar-refractivity contribution < 1.29 is 22.7 Å². The summed E-state index contributed by atoms with van der Waals surface area (Å²) >= 11 is 1.68.